The number of para-hydroxylation sites is 1. The summed E-state index contributed by atoms with van der Waals surface area (Å²) in [6.45, 7) is 10.3. The lowest BCUT2D eigenvalue weighted by atomic mass is 10.2. The number of ether oxygens (including phenoxy) is 1. The normalized spacial score (nSPS) is 16.1. The Bertz CT molecular complexity index is 931. The fraction of sp³-hybridized carbons (Fsp3) is 0.217. The number of thioether (sulfide) groups is 1. The molecule has 1 saturated heterocycles. The molecule has 1 amide bonds. The summed E-state index contributed by atoms with van der Waals surface area (Å²) in [6, 6.07) is 15.6. The third-order valence-corrected chi connectivity index (χ3v) is 5.33. The highest BCUT2D eigenvalue weighted by Gasteiger charge is 2.24. The largest absolute Gasteiger partial charge is 0.489 e. The first-order chi connectivity index (χ1) is 14.1. The van der Waals surface area contributed by atoms with Crippen LogP contribution in [0.2, 0.25) is 0 Å². The van der Waals surface area contributed by atoms with Crippen molar-refractivity contribution >= 4 is 40.3 Å². The smallest absolute Gasteiger partial charge is 0.264 e. The summed E-state index contributed by atoms with van der Waals surface area (Å²) in [4.78, 5) is 19.8. The van der Waals surface area contributed by atoms with E-state index in [1.54, 1.807) is 6.08 Å². The lowest BCUT2D eigenvalue weighted by molar-refractivity contribution is -0.115. The highest BCUT2D eigenvalue weighted by molar-refractivity contribution is 8.18. The van der Waals surface area contributed by atoms with Gasteiger partial charge in [-0.25, -0.2) is 4.99 Å². The van der Waals surface area contributed by atoms with Gasteiger partial charge < -0.3 is 15.0 Å². The van der Waals surface area contributed by atoms with Gasteiger partial charge in [0.2, 0.25) is 0 Å². The van der Waals surface area contributed by atoms with Crippen LogP contribution in [-0.4, -0.2) is 30.8 Å². The number of amidine groups is 1. The second kappa shape index (κ2) is 9.98. The summed E-state index contributed by atoms with van der Waals surface area (Å²) in [5.41, 5.74) is 2.82. The molecule has 1 aliphatic rings. The topological polar surface area (TPSA) is 53.9 Å². The molecule has 0 aromatic heterocycles. The van der Waals surface area contributed by atoms with Crippen molar-refractivity contribution in [3.05, 3.63) is 71.7 Å². The number of rotatable bonds is 8. The van der Waals surface area contributed by atoms with Gasteiger partial charge in [-0.05, 0) is 62.0 Å². The molecule has 0 radical (unpaired) electrons. The number of hydrogen-bond donors (Lipinski definition) is 1. The van der Waals surface area contributed by atoms with E-state index in [1.807, 2.05) is 42.5 Å². The number of carbonyl (C=O) groups is 1. The molecule has 1 aliphatic heterocycles. The SMILES string of the molecule is C=CCOc1ccccc1/C=C1\SC(=Nc2ccc(N(CC)CC)cc2)NC1=O. The van der Waals surface area contributed by atoms with Crippen LogP contribution in [0.3, 0.4) is 0 Å². The lowest BCUT2D eigenvalue weighted by Gasteiger charge is -2.20. The van der Waals surface area contributed by atoms with E-state index in [4.69, 9.17) is 4.74 Å². The number of hydrogen-bond acceptors (Lipinski definition) is 5. The average Bonchev–Trinajstić information content (AvgIpc) is 3.08. The second-order valence-electron chi connectivity index (χ2n) is 6.31. The molecule has 1 N–H and O–H groups in total. The van der Waals surface area contributed by atoms with Crippen molar-refractivity contribution in [2.75, 3.05) is 24.6 Å². The van der Waals surface area contributed by atoms with E-state index >= 15 is 0 Å². The Morgan fingerprint density at radius 3 is 2.55 bits per heavy atom. The summed E-state index contributed by atoms with van der Waals surface area (Å²) in [6.07, 6.45) is 3.52. The monoisotopic (exact) mass is 407 g/mol. The summed E-state index contributed by atoms with van der Waals surface area (Å²) >= 11 is 1.32. The van der Waals surface area contributed by atoms with E-state index in [-0.39, 0.29) is 5.91 Å². The Hall–Kier alpha value is -2.99. The standard InChI is InChI=1S/C23H25N3O2S/c1-4-15-28-20-10-8-7-9-17(20)16-21-22(27)25-23(29-21)24-18-11-13-19(14-12-18)26(5-2)6-3/h4,7-14,16H,1,5-6,15H2,2-3H3,(H,24,25,27)/b21-16-. The van der Waals surface area contributed by atoms with E-state index < -0.39 is 0 Å². The molecule has 0 atom stereocenters. The zero-order valence-electron chi connectivity index (χ0n) is 16.7. The van der Waals surface area contributed by atoms with Crippen molar-refractivity contribution in [2.45, 2.75) is 13.8 Å². The Labute approximate surface area is 176 Å². The first-order valence-corrected chi connectivity index (χ1v) is 10.4. The molecule has 29 heavy (non-hydrogen) atoms. The average molecular weight is 408 g/mol. The number of anilines is 1. The fourth-order valence-corrected chi connectivity index (χ4v) is 3.78. The fourth-order valence-electron chi connectivity index (χ4n) is 2.95. The van der Waals surface area contributed by atoms with Crippen LogP contribution < -0.4 is 15.0 Å². The van der Waals surface area contributed by atoms with Gasteiger partial charge in [-0.2, -0.15) is 0 Å². The summed E-state index contributed by atoms with van der Waals surface area (Å²) in [5.74, 6) is 0.553. The van der Waals surface area contributed by atoms with Crippen LogP contribution in [0.4, 0.5) is 11.4 Å². The van der Waals surface area contributed by atoms with Gasteiger partial charge >= 0.3 is 0 Å². The van der Waals surface area contributed by atoms with Crippen molar-refractivity contribution in [3.8, 4) is 5.75 Å². The predicted molar refractivity (Wildman–Crippen MR) is 123 cm³/mol. The minimum atomic E-state index is -0.160. The van der Waals surface area contributed by atoms with Gasteiger partial charge in [-0.3, -0.25) is 4.79 Å². The molecule has 1 heterocycles. The van der Waals surface area contributed by atoms with Gasteiger partial charge in [-0.15, -0.1) is 0 Å². The van der Waals surface area contributed by atoms with Crippen LogP contribution in [0.25, 0.3) is 6.08 Å². The molecule has 0 spiro atoms. The van der Waals surface area contributed by atoms with Crippen molar-refractivity contribution in [3.63, 3.8) is 0 Å². The second-order valence-corrected chi connectivity index (χ2v) is 7.34. The van der Waals surface area contributed by atoms with Crippen molar-refractivity contribution in [2.24, 2.45) is 4.99 Å². The third-order valence-electron chi connectivity index (χ3n) is 4.42. The van der Waals surface area contributed by atoms with Gasteiger partial charge in [-0.1, -0.05) is 30.9 Å². The van der Waals surface area contributed by atoms with Crippen molar-refractivity contribution in [1.82, 2.24) is 5.32 Å². The van der Waals surface area contributed by atoms with Crippen LogP contribution in [0, 0.1) is 0 Å². The van der Waals surface area contributed by atoms with Gasteiger partial charge in [0.05, 0.1) is 10.6 Å². The van der Waals surface area contributed by atoms with Gasteiger partial charge in [0.25, 0.3) is 5.91 Å². The maximum atomic E-state index is 12.4. The Morgan fingerprint density at radius 1 is 1.14 bits per heavy atom. The van der Waals surface area contributed by atoms with Crippen molar-refractivity contribution in [1.29, 1.82) is 0 Å². The quantitative estimate of drug-likeness (QED) is 0.495. The third kappa shape index (κ3) is 5.29. The molecule has 2 aromatic rings. The van der Waals surface area contributed by atoms with E-state index in [0.717, 1.165) is 24.3 Å². The van der Waals surface area contributed by atoms with Gasteiger partial charge in [0.1, 0.15) is 12.4 Å². The highest BCUT2D eigenvalue weighted by atomic mass is 32.2. The van der Waals surface area contributed by atoms with Gasteiger partial charge in [0, 0.05) is 24.3 Å². The lowest BCUT2D eigenvalue weighted by Crippen LogP contribution is -2.21. The van der Waals surface area contributed by atoms with E-state index in [1.165, 1.54) is 17.4 Å². The maximum Gasteiger partial charge on any atom is 0.264 e. The summed E-state index contributed by atoms with van der Waals surface area (Å²) in [7, 11) is 0. The Morgan fingerprint density at radius 2 is 1.86 bits per heavy atom. The van der Waals surface area contributed by atoms with Crippen LogP contribution in [0.1, 0.15) is 19.4 Å². The molecule has 0 saturated carbocycles. The van der Waals surface area contributed by atoms with E-state index in [2.05, 4.69) is 47.8 Å². The zero-order valence-corrected chi connectivity index (χ0v) is 17.5. The molecule has 3 rings (SSSR count). The number of aliphatic imine (C=N–C) groups is 1. The molecular formula is C23H25N3O2S. The molecule has 150 valence electrons. The minimum Gasteiger partial charge on any atom is -0.489 e. The van der Waals surface area contributed by atoms with Gasteiger partial charge in [0.15, 0.2) is 5.17 Å². The maximum absolute atomic E-state index is 12.4. The van der Waals surface area contributed by atoms with Crippen LogP contribution in [0.15, 0.2) is 71.1 Å². The molecule has 0 bridgehead atoms. The Kier molecular flexibility index (Phi) is 7.14. The van der Waals surface area contributed by atoms with Crippen LogP contribution in [0.5, 0.6) is 5.75 Å². The molecule has 1 fully saturated rings. The van der Waals surface area contributed by atoms with Crippen molar-refractivity contribution < 1.29 is 9.53 Å². The number of amides is 1. The molecule has 2 aromatic carbocycles. The number of carbonyl (C=O) groups excluding carboxylic acids is 1. The van der Waals surface area contributed by atoms with E-state index in [0.29, 0.717) is 22.4 Å². The summed E-state index contributed by atoms with van der Waals surface area (Å²) < 4.78 is 5.67. The molecule has 0 aliphatic carbocycles. The molecule has 6 heteroatoms. The first kappa shape index (κ1) is 20.7. The number of benzene rings is 2. The minimum absolute atomic E-state index is 0.160. The zero-order chi connectivity index (χ0) is 20.6. The highest BCUT2D eigenvalue weighted by Crippen LogP contribution is 2.31. The number of nitrogens with one attached hydrogen (secondary N) is 1. The van der Waals surface area contributed by atoms with Crippen LogP contribution in [-0.2, 0) is 4.79 Å². The van der Waals surface area contributed by atoms with E-state index in [9.17, 15) is 4.79 Å². The summed E-state index contributed by atoms with van der Waals surface area (Å²) in [5, 5.41) is 3.40. The predicted octanol–water partition coefficient (Wildman–Crippen LogP) is 4.99. The first-order valence-electron chi connectivity index (χ1n) is 9.62. The molecule has 5 nitrogen and oxygen atoms in total. The Balaban J connectivity index is 1.76. The number of nitrogens with zero attached hydrogens (tertiary/aromatic N) is 2. The molecule has 0 unspecified atom stereocenters. The molecular weight excluding hydrogens is 382 g/mol. The van der Waals surface area contributed by atoms with Crippen LogP contribution >= 0.6 is 11.8 Å².